The molecule has 0 saturated carbocycles. The zero-order valence-corrected chi connectivity index (χ0v) is 9.49. The minimum atomic E-state index is -0.575. The molecule has 5 nitrogen and oxygen atoms in total. The molecule has 1 heterocycles. The molecule has 88 valence electrons. The Balaban J connectivity index is 2.54. The van der Waals surface area contributed by atoms with Crippen LogP contribution in [0.5, 0.6) is 0 Å². The van der Waals surface area contributed by atoms with Gasteiger partial charge in [0.15, 0.2) is 0 Å². The molecule has 0 aromatic heterocycles. The van der Waals surface area contributed by atoms with E-state index in [4.69, 9.17) is 5.84 Å². The van der Waals surface area contributed by atoms with E-state index < -0.39 is 5.60 Å². The fraction of sp³-hybridized carbons (Fsp3) is 0.900. The summed E-state index contributed by atoms with van der Waals surface area (Å²) in [5.74, 6) is 4.99. The number of likely N-dealkylation sites (tertiary alicyclic amines) is 1. The molecule has 1 unspecified atom stereocenters. The second-order valence-corrected chi connectivity index (χ2v) is 4.47. The van der Waals surface area contributed by atoms with Gasteiger partial charge in [-0.15, -0.1) is 0 Å². The van der Waals surface area contributed by atoms with Crippen molar-refractivity contribution in [1.82, 2.24) is 10.3 Å². The smallest absolute Gasteiger partial charge is 0.251 e. The van der Waals surface area contributed by atoms with Gasteiger partial charge < -0.3 is 5.11 Å². The lowest BCUT2D eigenvalue weighted by Gasteiger charge is -2.39. The molecule has 1 fully saturated rings. The van der Waals surface area contributed by atoms with Gasteiger partial charge in [-0.3, -0.25) is 15.1 Å². The highest BCUT2D eigenvalue weighted by molar-refractivity contribution is 5.81. The van der Waals surface area contributed by atoms with E-state index in [2.05, 4.69) is 10.3 Å². The topological polar surface area (TPSA) is 78.6 Å². The molecule has 0 aromatic carbocycles. The Bertz CT molecular complexity index is 221. The number of amides is 1. The van der Waals surface area contributed by atoms with Crippen molar-refractivity contribution >= 4 is 5.91 Å². The number of carbonyl (C=O) groups excluding carboxylic acids is 1. The molecule has 1 amide bonds. The van der Waals surface area contributed by atoms with E-state index in [1.54, 1.807) is 0 Å². The third-order valence-corrected chi connectivity index (χ3v) is 3.15. The third-order valence-electron chi connectivity index (χ3n) is 3.15. The summed E-state index contributed by atoms with van der Waals surface area (Å²) in [5.41, 5.74) is 1.62. The van der Waals surface area contributed by atoms with Crippen LogP contribution in [0.15, 0.2) is 0 Å². The van der Waals surface area contributed by atoms with Gasteiger partial charge in [0.2, 0.25) is 0 Å². The lowest BCUT2D eigenvalue weighted by atomic mass is 9.92. The Morgan fingerprint density at radius 3 is 2.53 bits per heavy atom. The zero-order chi connectivity index (χ0) is 11.5. The van der Waals surface area contributed by atoms with Crippen molar-refractivity contribution in [2.75, 3.05) is 13.1 Å². The number of aliphatic hydroxyl groups is 1. The van der Waals surface area contributed by atoms with Gasteiger partial charge in [-0.05, 0) is 26.2 Å². The fourth-order valence-electron chi connectivity index (χ4n) is 2.02. The molecule has 0 aliphatic carbocycles. The van der Waals surface area contributed by atoms with Crippen molar-refractivity contribution in [3.8, 4) is 0 Å². The number of carbonyl (C=O) groups is 1. The molecule has 0 aromatic rings. The lowest BCUT2D eigenvalue weighted by Crippen LogP contribution is -2.53. The number of nitrogens with one attached hydrogen (secondary N) is 1. The van der Waals surface area contributed by atoms with Crippen LogP contribution in [0.25, 0.3) is 0 Å². The number of piperidine rings is 1. The zero-order valence-electron chi connectivity index (χ0n) is 9.49. The molecule has 0 bridgehead atoms. The van der Waals surface area contributed by atoms with Crippen LogP contribution in [0, 0.1) is 0 Å². The van der Waals surface area contributed by atoms with E-state index in [1.165, 1.54) is 0 Å². The van der Waals surface area contributed by atoms with Crippen LogP contribution in [0.2, 0.25) is 0 Å². The van der Waals surface area contributed by atoms with E-state index in [0.29, 0.717) is 12.8 Å². The summed E-state index contributed by atoms with van der Waals surface area (Å²) in [6, 6.07) is -0.161. The minimum Gasteiger partial charge on any atom is -0.390 e. The van der Waals surface area contributed by atoms with Crippen molar-refractivity contribution < 1.29 is 9.90 Å². The molecule has 0 radical (unpaired) electrons. The van der Waals surface area contributed by atoms with Crippen LogP contribution in [-0.2, 0) is 4.79 Å². The highest BCUT2D eigenvalue weighted by Gasteiger charge is 2.32. The minimum absolute atomic E-state index is 0.140. The van der Waals surface area contributed by atoms with Gasteiger partial charge in [0.25, 0.3) is 5.91 Å². The normalized spacial score (nSPS) is 23.5. The fourth-order valence-corrected chi connectivity index (χ4v) is 2.02. The van der Waals surface area contributed by atoms with Crippen molar-refractivity contribution in [3.63, 3.8) is 0 Å². The Labute approximate surface area is 90.6 Å². The lowest BCUT2D eigenvalue weighted by molar-refractivity contribution is -0.128. The Hall–Kier alpha value is -0.650. The Kier molecular flexibility index (Phi) is 4.07. The Morgan fingerprint density at radius 2 is 2.13 bits per heavy atom. The van der Waals surface area contributed by atoms with Crippen LogP contribution in [-0.4, -0.2) is 40.6 Å². The highest BCUT2D eigenvalue weighted by Crippen LogP contribution is 2.23. The SMILES string of the molecule is CCC(C(=O)NN)N1CCC(C)(O)CC1. The van der Waals surface area contributed by atoms with Gasteiger partial charge in [-0.2, -0.15) is 0 Å². The van der Waals surface area contributed by atoms with Crippen LogP contribution in [0.3, 0.4) is 0 Å². The van der Waals surface area contributed by atoms with E-state index in [-0.39, 0.29) is 11.9 Å². The molecule has 1 aliphatic heterocycles. The maximum Gasteiger partial charge on any atom is 0.251 e. The van der Waals surface area contributed by atoms with Gasteiger partial charge in [-0.1, -0.05) is 6.92 Å². The summed E-state index contributed by atoms with van der Waals surface area (Å²) in [7, 11) is 0. The van der Waals surface area contributed by atoms with Gasteiger partial charge in [-0.25, -0.2) is 5.84 Å². The van der Waals surface area contributed by atoms with E-state index >= 15 is 0 Å². The average Bonchev–Trinajstić information content (AvgIpc) is 2.21. The molecule has 4 N–H and O–H groups in total. The van der Waals surface area contributed by atoms with Crippen LogP contribution in [0.4, 0.5) is 0 Å². The second kappa shape index (κ2) is 4.92. The highest BCUT2D eigenvalue weighted by atomic mass is 16.3. The van der Waals surface area contributed by atoms with Gasteiger partial charge in [0.1, 0.15) is 0 Å². The predicted octanol–water partition coefficient (Wildman–Crippen LogP) is -0.398. The first kappa shape index (κ1) is 12.4. The number of hydrogen-bond acceptors (Lipinski definition) is 4. The predicted molar refractivity (Wildman–Crippen MR) is 57.8 cm³/mol. The largest absolute Gasteiger partial charge is 0.390 e. The molecule has 15 heavy (non-hydrogen) atoms. The van der Waals surface area contributed by atoms with Crippen molar-refractivity contribution in [2.24, 2.45) is 5.84 Å². The number of hydrazine groups is 1. The molecule has 1 rings (SSSR count). The Morgan fingerprint density at radius 1 is 1.60 bits per heavy atom. The molecular weight excluding hydrogens is 194 g/mol. The van der Waals surface area contributed by atoms with Crippen molar-refractivity contribution in [3.05, 3.63) is 0 Å². The molecule has 0 spiro atoms. The first-order chi connectivity index (χ1) is 7.00. The monoisotopic (exact) mass is 215 g/mol. The maximum atomic E-state index is 11.5. The number of nitrogens with zero attached hydrogens (tertiary/aromatic N) is 1. The first-order valence-corrected chi connectivity index (χ1v) is 5.47. The number of hydrogen-bond donors (Lipinski definition) is 3. The summed E-state index contributed by atoms with van der Waals surface area (Å²) in [5, 5.41) is 9.79. The van der Waals surface area contributed by atoms with E-state index in [9.17, 15) is 9.90 Å². The number of rotatable bonds is 3. The maximum absolute atomic E-state index is 11.5. The first-order valence-electron chi connectivity index (χ1n) is 5.47. The molecule has 1 atom stereocenters. The van der Waals surface area contributed by atoms with Crippen molar-refractivity contribution in [2.45, 2.75) is 44.8 Å². The van der Waals surface area contributed by atoms with E-state index in [1.807, 2.05) is 13.8 Å². The standard InChI is InChI=1S/C10H21N3O2/c1-3-8(9(14)12-11)13-6-4-10(2,15)5-7-13/h8,15H,3-7,11H2,1-2H3,(H,12,14). The molecule has 1 saturated heterocycles. The quantitative estimate of drug-likeness (QED) is 0.340. The molecule has 5 heteroatoms. The van der Waals surface area contributed by atoms with Gasteiger partial charge >= 0.3 is 0 Å². The molecular formula is C10H21N3O2. The van der Waals surface area contributed by atoms with Crippen LogP contribution < -0.4 is 11.3 Å². The van der Waals surface area contributed by atoms with Gasteiger partial charge in [0, 0.05) is 13.1 Å². The number of nitrogens with two attached hydrogens (primary N) is 1. The summed E-state index contributed by atoms with van der Waals surface area (Å²) >= 11 is 0. The van der Waals surface area contributed by atoms with Crippen LogP contribution >= 0.6 is 0 Å². The summed E-state index contributed by atoms with van der Waals surface area (Å²) in [6.45, 7) is 5.30. The van der Waals surface area contributed by atoms with Crippen molar-refractivity contribution in [1.29, 1.82) is 0 Å². The second-order valence-electron chi connectivity index (χ2n) is 4.47. The molecule has 1 aliphatic rings. The average molecular weight is 215 g/mol. The summed E-state index contributed by atoms with van der Waals surface area (Å²) < 4.78 is 0. The van der Waals surface area contributed by atoms with Gasteiger partial charge in [0.05, 0.1) is 11.6 Å². The third kappa shape index (κ3) is 3.15. The van der Waals surface area contributed by atoms with E-state index in [0.717, 1.165) is 19.5 Å². The summed E-state index contributed by atoms with van der Waals surface area (Å²) in [6.07, 6.45) is 2.16. The summed E-state index contributed by atoms with van der Waals surface area (Å²) in [4.78, 5) is 13.5. The van der Waals surface area contributed by atoms with Crippen LogP contribution in [0.1, 0.15) is 33.1 Å².